The molecule has 1 unspecified atom stereocenters. The molecule has 1 atom stereocenters. The lowest BCUT2D eigenvalue weighted by Crippen LogP contribution is -2.28. The number of hydrogen-bond acceptors (Lipinski definition) is 3. The fourth-order valence-electron chi connectivity index (χ4n) is 3.79. The molecule has 0 spiro atoms. The van der Waals surface area contributed by atoms with Gasteiger partial charge in [0.25, 0.3) is 0 Å². The van der Waals surface area contributed by atoms with Crippen LogP contribution in [0.5, 0.6) is 0 Å². The number of amides is 2. The number of rotatable bonds is 4. The van der Waals surface area contributed by atoms with Gasteiger partial charge in [-0.05, 0) is 73.0 Å². The molecule has 134 valence electrons. The quantitative estimate of drug-likeness (QED) is 0.835. The highest BCUT2D eigenvalue weighted by molar-refractivity contribution is 7.98. The normalized spacial score (nSPS) is 18.9. The first-order valence-corrected chi connectivity index (χ1v) is 10.2. The van der Waals surface area contributed by atoms with Crippen molar-refractivity contribution in [3.05, 3.63) is 53.6 Å². The summed E-state index contributed by atoms with van der Waals surface area (Å²) in [5, 5.41) is 3.00. The number of nitrogens with one attached hydrogen (secondary N) is 1. The highest BCUT2D eigenvalue weighted by atomic mass is 32.2. The first kappa shape index (κ1) is 17.2. The second kappa shape index (κ2) is 7.16. The number of nitrogens with zero attached hydrogens (tertiary/aromatic N) is 1. The van der Waals surface area contributed by atoms with Gasteiger partial charge >= 0.3 is 0 Å². The largest absolute Gasteiger partial charge is 0.326 e. The molecule has 4 rings (SSSR count). The summed E-state index contributed by atoms with van der Waals surface area (Å²) in [4.78, 5) is 27.9. The summed E-state index contributed by atoms with van der Waals surface area (Å²) in [6, 6.07) is 14.1. The van der Waals surface area contributed by atoms with Gasteiger partial charge in [0, 0.05) is 29.2 Å². The predicted molar refractivity (Wildman–Crippen MR) is 106 cm³/mol. The Balaban J connectivity index is 1.43. The lowest BCUT2D eigenvalue weighted by Gasteiger charge is -2.17. The van der Waals surface area contributed by atoms with Gasteiger partial charge in [0.1, 0.15) is 0 Å². The minimum Gasteiger partial charge on any atom is -0.326 e. The van der Waals surface area contributed by atoms with Gasteiger partial charge in [-0.1, -0.05) is 6.07 Å². The van der Waals surface area contributed by atoms with E-state index in [1.54, 1.807) is 16.7 Å². The van der Waals surface area contributed by atoms with Crippen molar-refractivity contribution in [2.75, 3.05) is 23.0 Å². The number of carbonyl (C=O) groups is 2. The summed E-state index contributed by atoms with van der Waals surface area (Å²) < 4.78 is 0. The molecular weight excluding hydrogens is 344 g/mol. The van der Waals surface area contributed by atoms with E-state index in [4.69, 9.17) is 0 Å². The molecule has 0 saturated carbocycles. The van der Waals surface area contributed by atoms with Crippen LogP contribution in [0.4, 0.5) is 11.4 Å². The topological polar surface area (TPSA) is 49.4 Å². The van der Waals surface area contributed by atoms with Crippen LogP contribution in [-0.4, -0.2) is 24.6 Å². The van der Waals surface area contributed by atoms with Crippen molar-refractivity contribution >= 4 is 35.0 Å². The maximum absolute atomic E-state index is 12.6. The van der Waals surface area contributed by atoms with E-state index in [1.165, 1.54) is 17.5 Å². The average molecular weight is 366 g/mol. The summed E-state index contributed by atoms with van der Waals surface area (Å²) in [5.41, 5.74) is 4.42. The van der Waals surface area contributed by atoms with Crippen molar-refractivity contribution < 1.29 is 9.59 Å². The van der Waals surface area contributed by atoms with Crippen LogP contribution in [-0.2, 0) is 22.4 Å². The highest BCUT2D eigenvalue weighted by Gasteiger charge is 2.35. The van der Waals surface area contributed by atoms with Gasteiger partial charge in [-0.2, -0.15) is 0 Å². The van der Waals surface area contributed by atoms with Crippen LogP contribution in [0.1, 0.15) is 24.0 Å². The van der Waals surface area contributed by atoms with E-state index < -0.39 is 0 Å². The number of thioether (sulfide) groups is 1. The van der Waals surface area contributed by atoms with Crippen LogP contribution >= 0.6 is 11.8 Å². The maximum Gasteiger partial charge on any atom is 0.229 e. The Bertz CT molecular complexity index is 848. The molecule has 1 aliphatic carbocycles. The van der Waals surface area contributed by atoms with E-state index in [0.29, 0.717) is 6.54 Å². The third-order valence-corrected chi connectivity index (χ3v) is 5.99. The van der Waals surface area contributed by atoms with Gasteiger partial charge in [0.2, 0.25) is 11.8 Å². The third-order valence-electron chi connectivity index (χ3n) is 5.25. The second-order valence-electron chi connectivity index (χ2n) is 6.93. The fourth-order valence-corrected chi connectivity index (χ4v) is 4.20. The van der Waals surface area contributed by atoms with E-state index in [2.05, 4.69) is 17.4 Å². The molecule has 2 aromatic carbocycles. The number of aryl methyl sites for hydroxylation is 2. The summed E-state index contributed by atoms with van der Waals surface area (Å²) in [7, 11) is 0. The molecule has 1 heterocycles. The lowest BCUT2D eigenvalue weighted by atomic mass is 10.1. The summed E-state index contributed by atoms with van der Waals surface area (Å²) >= 11 is 1.67. The standard InChI is InChI=1S/C21H22N2O2S/c1-26-19-9-7-18(8-10-19)23-13-16(12-20(23)24)21(25)22-17-6-5-14-3-2-4-15(14)11-17/h5-11,16H,2-4,12-13H2,1H3,(H,22,25). The molecule has 5 heteroatoms. The van der Waals surface area contributed by atoms with Gasteiger partial charge in [-0.3, -0.25) is 9.59 Å². The van der Waals surface area contributed by atoms with Crippen LogP contribution < -0.4 is 10.2 Å². The predicted octanol–water partition coefficient (Wildman–Crippen LogP) is 3.89. The summed E-state index contributed by atoms with van der Waals surface area (Å²) in [5.74, 6) is -0.369. The van der Waals surface area contributed by atoms with Crippen LogP contribution in [0.2, 0.25) is 0 Å². The molecule has 2 aliphatic rings. The summed E-state index contributed by atoms with van der Waals surface area (Å²) in [6.45, 7) is 0.439. The van der Waals surface area contributed by atoms with Crippen LogP contribution in [0.25, 0.3) is 0 Å². The Hall–Kier alpha value is -2.27. The molecule has 0 aromatic heterocycles. The Morgan fingerprint density at radius 3 is 2.65 bits per heavy atom. The zero-order valence-corrected chi connectivity index (χ0v) is 15.6. The van der Waals surface area contributed by atoms with E-state index in [9.17, 15) is 9.59 Å². The number of benzene rings is 2. The van der Waals surface area contributed by atoms with E-state index >= 15 is 0 Å². The fraction of sp³-hybridized carbons (Fsp3) is 0.333. The van der Waals surface area contributed by atoms with Crippen molar-refractivity contribution in [1.82, 2.24) is 0 Å². The number of fused-ring (bicyclic) bond motifs is 1. The van der Waals surface area contributed by atoms with Crippen LogP contribution in [0.15, 0.2) is 47.4 Å². The molecular formula is C21H22N2O2S. The molecule has 0 bridgehead atoms. The SMILES string of the molecule is CSc1ccc(N2CC(C(=O)Nc3ccc4c(c3)CCC4)CC2=O)cc1. The molecule has 0 radical (unpaired) electrons. The van der Waals surface area contributed by atoms with Gasteiger partial charge in [0.05, 0.1) is 5.92 Å². The first-order chi connectivity index (χ1) is 12.6. The zero-order chi connectivity index (χ0) is 18.1. The Labute approximate surface area is 158 Å². The van der Waals surface area contributed by atoms with Crippen LogP contribution in [0.3, 0.4) is 0 Å². The molecule has 26 heavy (non-hydrogen) atoms. The third kappa shape index (κ3) is 3.36. The van der Waals surface area contributed by atoms with Crippen LogP contribution in [0, 0.1) is 5.92 Å². The molecule has 4 nitrogen and oxygen atoms in total. The van der Waals surface area contributed by atoms with Crippen molar-refractivity contribution in [2.45, 2.75) is 30.6 Å². The monoisotopic (exact) mass is 366 g/mol. The van der Waals surface area contributed by atoms with Gasteiger partial charge < -0.3 is 10.2 Å². The highest BCUT2D eigenvalue weighted by Crippen LogP contribution is 2.29. The van der Waals surface area contributed by atoms with E-state index in [1.807, 2.05) is 36.6 Å². The second-order valence-corrected chi connectivity index (χ2v) is 7.81. The molecule has 1 fully saturated rings. The first-order valence-electron chi connectivity index (χ1n) is 9.01. The van der Waals surface area contributed by atoms with E-state index in [0.717, 1.165) is 29.1 Å². The summed E-state index contributed by atoms with van der Waals surface area (Å²) in [6.07, 6.45) is 5.69. The van der Waals surface area contributed by atoms with Crippen molar-refractivity contribution in [3.8, 4) is 0 Å². The molecule has 1 N–H and O–H groups in total. The van der Waals surface area contributed by atoms with Gasteiger partial charge in [0.15, 0.2) is 0 Å². The molecule has 2 aromatic rings. The molecule has 1 aliphatic heterocycles. The zero-order valence-electron chi connectivity index (χ0n) is 14.8. The Kier molecular flexibility index (Phi) is 4.72. The molecule has 1 saturated heterocycles. The van der Waals surface area contributed by atoms with Crippen molar-refractivity contribution in [1.29, 1.82) is 0 Å². The van der Waals surface area contributed by atoms with Gasteiger partial charge in [-0.15, -0.1) is 11.8 Å². The lowest BCUT2D eigenvalue weighted by molar-refractivity contribution is -0.122. The maximum atomic E-state index is 12.6. The average Bonchev–Trinajstić information content (AvgIpc) is 3.28. The Morgan fingerprint density at radius 2 is 1.88 bits per heavy atom. The number of carbonyl (C=O) groups excluding carboxylic acids is 2. The van der Waals surface area contributed by atoms with Crippen molar-refractivity contribution in [3.63, 3.8) is 0 Å². The number of anilines is 2. The minimum absolute atomic E-state index is 0.0102. The Morgan fingerprint density at radius 1 is 1.12 bits per heavy atom. The van der Waals surface area contributed by atoms with E-state index in [-0.39, 0.29) is 24.2 Å². The smallest absolute Gasteiger partial charge is 0.229 e. The number of hydrogen-bond donors (Lipinski definition) is 1. The van der Waals surface area contributed by atoms with Crippen molar-refractivity contribution in [2.24, 2.45) is 5.92 Å². The van der Waals surface area contributed by atoms with Gasteiger partial charge in [-0.25, -0.2) is 0 Å². The minimum atomic E-state index is -0.309. The molecule has 2 amide bonds.